The quantitative estimate of drug-likeness (QED) is 0.541. The molecule has 1 nitrogen and oxygen atoms in total. The molecule has 1 atom stereocenters. The van der Waals surface area contributed by atoms with Crippen molar-refractivity contribution in [2.75, 3.05) is 6.54 Å². The highest BCUT2D eigenvalue weighted by molar-refractivity contribution is 7.79. The van der Waals surface area contributed by atoms with Crippen LogP contribution in [0.2, 0.25) is 0 Å². The number of unbranched alkanes of at least 4 members (excludes halogenated alkanes) is 1. The number of thiocarbonyl (C=S) groups is 1. The van der Waals surface area contributed by atoms with Crippen molar-refractivity contribution in [1.29, 1.82) is 0 Å². The Balaban J connectivity index is 2.24. The van der Waals surface area contributed by atoms with Crippen LogP contribution in [0, 0.1) is 11.8 Å². The Morgan fingerprint density at radius 3 is 2.50 bits per heavy atom. The molecule has 0 amide bonds. The molecule has 0 aromatic carbocycles. The summed E-state index contributed by atoms with van der Waals surface area (Å²) in [7, 11) is 0. The van der Waals surface area contributed by atoms with Gasteiger partial charge in [-0.25, -0.2) is 0 Å². The summed E-state index contributed by atoms with van der Waals surface area (Å²) >= 11 is 5.15. The molecule has 1 unspecified atom stereocenters. The molecule has 0 heterocycles. The third-order valence-corrected chi connectivity index (χ3v) is 3.77. The number of hydrogen-bond acceptors (Lipinski definition) is 2. The maximum atomic E-state index is 5.50. The van der Waals surface area contributed by atoms with Crippen molar-refractivity contribution < 1.29 is 0 Å². The van der Waals surface area contributed by atoms with Crippen LogP contribution in [-0.4, -0.2) is 11.9 Å². The van der Waals surface area contributed by atoms with Crippen LogP contribution in [0.15, 0.2) is 0 Å². The van der Waals surface area contributed by atoms with E-state index in [0.717, 1.165) is 18.9 Å². The van der Waals surface area contributed by atoms with Gasteiger partial charge in [0.05, 0.1) is 0 Å². The first-order valence-corrected chi connectivity index (χ1v) is 6.51. The van der Waals surface area contributed by atoms with Gasteiger partial charge in [0.1, 0.15) is 0 Å². The molecule has 0 bridgehead atoms. The standard InChI is InChI=1S/C12H23NS/c13-9-5-4-8-12(10-14)11-6-2-1-3-7-11/h10-12H,1-9,13H2. The highest BCUT2D eigenvalue weighted by Gasteiger charge is 2.21. The van der Waals surface area contributed by atoms with Crippen molar-refractivity contribution in [1.82, 2.24) is 0 Å². The Morgan fingerprint density at radius 1 is 1.21 bits per heavy atom. The first-order valence-electron chi connectivity index (χ1n) is 6.04. The fourth-order valence-corrected chi connectivity index (χ4v) is 2.86. The monoisotopic (exact) mass is 213 g/mol. The first kappa shape index (κ1) is 12.1. The maximum Gasteiger partial charge on any atom is -0.00773 e. The predicted octanol–water partition coefficient (Wildman–Crippen LogP) is 3.31. The van der Waals surface area contributed by atoms with E-state index in [4.69, 9.17) is 18.0 Å². The van der Waals surface area contributed by atoms with E-state index in [1.165, 1.54) is 44.9 Å². The van der Waals surface area contributed by atoms with Gasteiger partial charge in [-0.3, -0.25) is 0 Å². The molecule has 1 fully saturated rings. The van der Waals surface area contributed by atoms with Gasteiger partial charge in [0.2, 0.25) is 0 Å². The molecule has 82 valence electrons. The van der Waals surface area contributed by atoms with Crippen LogP contribution < -0.4 is 5.73 Å². The van der Waals surface area contributed by atoms with Crippen molar-refractivity contribution >= 4 is 17.6 Å². The Morgan fingerprint density at radius 2 is 1.93 bits per heavy atom. The minimum absolute atomic E-state index is 0.692. The first-order chi connectivity index (χ1) is 6.88. The molecular weight excluding hydrogens is 190 g/mol. The Kier molecular flexibility index (Phi) is 6.37. The zero-order valence-electron chi connectivity index (χ0n) is 9.08. The van der Waals surface area contributed by atoms with E-state index in [1.807, 2.05) is 5.37 Å². The van der Waals surface area contributed by atoms with Crippen molar-refractivity contribution in [2.45, 2.75) is 51.4 Å². The smallest absolute Gasteiger partial charge is 0.00773 e. The van der Waals surface area contributed by atoms with Crippen LogP contribution in [0.1, 0.15) is 51.4 Å². The molecule has 0 aromatic heterocycles. The molecule has 2 N–H and O–H groups in total. The van der Waals surface area contributed by atoms with Gasteiger partial charge >= 0.3 is 0 Å². The predicted molar refractivity (Wildman–Crippen MR) is 66.6 cm³/mol. The van der Waals surface area contributed by atoms with Crippen LogP contribution in [-0.2, 0) is 0 Å². The summed E-state index contributed by atoms with van der Waals surface area (Å²) in [6, 6.07) is 0. The largest absolute Gasteiger partial charge is 0.330 e. The molecule has 1 saturated carbocycles. The summed E-state index contributed by atoms with van der Waals surface area (Å²) < 4.78 is 0. The van der Waals surface area contributed by atoms with Gasteiger partial charge in [-0.2, -0.15) is 0 Å². The van der Waals surface area contributed by atoms with Crippen LogP contribution in [0.25, 0.3) is 0 Å². The van der Waals surface area contributed by atoms with Crippen LogP contribution in [0.4, 0.5) is 0 Å². The fourth-order valence-electron chi connectivity index (χ4n) is 2.50. The van der Waals surface area contributed by atoms with E-state index in [9.17, 15) is 0 Å². The summed E-state index contributed by atoms with van der Waals surface area (Å²) in [5, 5.41) is 2.02. The Labute approximate surface area is 93.4 Å². The van der Waals surface area contributed by atoms with Crippen LogP contribution >= 0.6 is 12.2 Å². The third-order valence-electron chi connectivity index (χ3n) is 3.42. The Hall–Kier alpha value is 0.0500. The van der Waals surface area contributed by atoms with E-state index in [2.05, 4.69) is 0 Å². The molecule has 0 aromatic rings. The molecule has 0 radical (unpaired) electrons. The van der Waals surface area contributed by atoms with Crippen molar-refractivity contribution in [3.05, 3.63) is 0 Å². The number of nitrogens with two attached hydrogens (primary N) is 1. The summed E-state index contributed by atoms with van der Waals surface area (Å²) in [6.07, 6.45) is 10.8. The molecule has 1 aliphatic rings. The van der Waals surface area contributed by atoms with Gasteiger partial charge in [0.25, 0.3) is 0 Å². The topological polar surface area (TPSA) is 26.0 Å². The van der Waals surface area contributed by atoms with E-state index in [-0.39, 0.29) is 0 Å². The van der Waals surface area contributed by atoms with Gasteiger partial charge in [-0.05, 0) is 49.4 Å². The normalized spacial score (nSPS) is 20.6. The van der Waals surface area contributed by atoms with E-state index < -0.39 is 0 Å². The number of hydrogen-bond donors (Lipinski definition) is 1. The van der Waals surface area contributed by atoms with Crippen molar-refractivity contribution in [3.63, 3.8) is 0 Å². The summed E-state index contributed by atoms with van der Waals surface area (Å²) in [6.45, 7) is 0.828. The minimum atomic E-state index is 0.692. The minimum Gasteiger partial charge on any atom is -0.330 e. The van der Waals surface area contributed by atoms with Crippen LogP contribution in [0.5, 0.6) is 0 Å². The fraction of sp³-hybridized carbons (Fsp3) is 0.917. The molecule has 1 rings (SSSR count). The lowest BCUT2D eigenvalue weighted by atomic mass is 9.79. The maximum absolute atomic E-state index is 5.50. The average molecular weight is 213 g/mol. The third kappa shape index (κ3) is 4.05. The van der Waals surface area contributed by atoms with Gasteiger partial charge in [-0.1, -0.05) is 37.9 Å². The second kappa shape index (κ2) is 7.36. The zero-order chi connectivity index (χ0) is 10.2. The Bertz CT molecular complexity index is 152. The summed E-state index contributed by atoms with van der Waals surface area (Å²) in [5.74, 6) is 1.58. The molecule has 14 heavy (non-hydrogen) atoms. The highest BCUT2D eigenvalue weighted by Crippen LogP contribution is 2.31. The number of rotatable bonds is 6. The lowest BCUT2D eigenvalue weighted by Gasteiger charge is -2.27. The zero-order valence-corrected chi connectivity index (χ0v) is 9.90. The average Bonchev–Trinajstić information content (AvgIpc) is 2.26. The van der Waals surface area contributed by atoms with Crippen molar-refractivity contribution in [3.8, 4) is 0 Å². The lowest BCUT2D eigenvalue weighted by molar-refractivity contribution is 0.290. The van der Waals surface area contributed by atoms with E-state index in [0.29, 0.717) is 5.92 Å². The van der Waals surface area contributed by atoms with Gasteiger partial charge in [-0.15, -0.1) is 0 Å². The van der Waals surface area contributed by atoms with Gasteiger partial charge in [0, 0.05) is 0 Å². The summed E-state index contributed by atoms with van der Waals surface area (Å²) in [5.41, 5.74) is 5.50. The van der Waals surface area contributed by atoms with Gasteiger partial charge in [0.15, 0.2) is 0 Å². The van der Waals surface area contributed by atoms with E-state index in [1.54, 1.807) is 0 Å². The van der Waals surface area contributed by atoms with Crippen LogP contribution in [0.3, 0.4) is 0 Å². The molecule has 0 spiro atoms. The van der Waals surface area contributed by atoms with E-state index >= 15 is 0 Å². The second-order valence-electron chi connectivity index (χ2n) is 4.48. The highest BCUT2D eigenvalue weighted by atomic mass is 32.1. The molecule has 1 aliphatic carbocycles. The second-order valence-corrected chi connectivity index (χ2v) is 4.75. The molecule has 0 aliphatic heterocycles. The SMILES string of the molecule is NCCCCC(C=S)C1CCCCC1. The van der Waals surface area contributed by atoms with Crippen molar-refractivity contribution in [2.24, 2.45) is 17.6 Å². The lowest BCUT2D eigenvalue weighted by Crippen LogP contribution is -2.18. The molecular formula is C12H23NS. The summed E-state index contributed by atoms with van der Waals surface area (Å²) in [4.78, 5) is 0. The molecule has 2 heteroatoms. The molecule has 0 saturated heterocycles. The van der Waals surface area contributed by atoms with Gasteiger partial charge < -0.3 is 5.73 Å².